The van der Waals surface area contributed by atoms with Gasteiger partial charge in [-0.1, -0.05) is 48.5 Å². The molecule has 4 rings (SSSR count). The number of benzene rings is 2. The second-order valence-electron chi connectivity index (χ2n) is 7.48. The van der Waals surface area contributed by atoms with Crippen molar-refractivity contribution in [2.75, 3.05) is 6.54 Å². The van der Waals surface area contributed by atoms with Crippen LogP contribution in [-0.2, 0) is 24.2 Å². The molecule has 0 aromatic heterocycles. The topological polar surface area (TPSA) is 33.5 Å². The van der Waals surface area contributed by atoms with Gasteiger partial charge in [-0.25, -0.2) is 0 Å². The summed E-state index contributed by atoms with van der Waals surface area (Å²) in [7, 11) is 0. The average Bonchev–Trinajstić information content (AvgIpc) is 2.67. The molecule has 0 bridgehead atoms. The SMILES string of the molecule is C[C@@H](C(=O)N[C@@H]1CCCc2ccccc21)[NH+]1CCc2ccccc2C1. The van der Waals surface area contributed by atoms with Crippen LogP contribution in [-0.4, -0.2) is 18.5 Å². The standard InChI is InChI=1S/C22H26N2O/c1-16(24-14-13-17-7-2-3-9-19(17)15-24)22(25)23-21-12-6-10-18-8-4-5-11-20(18)21/h2-5,7-9,11,16,21H,6,10,12-15H2,1H3,(H,23,25)/p+1/t16-,21+/m0/s1. The van der Waals surface area contributed by atoms with Crippen LogP contribution in [0.4, 0.5) is 0 Å². The molecule has 3 nitrogen and oxygen atoms in total. The van der Waals surface area contributed by atoms with Crippen molar-refractivity contribution in [3.05, 3.63) is 70.8 Å². The summed E-state index contributed by atoms with van der Waals surface area (Å²) in [5.41, 5.74) is 5.55. The average molecular weight is 335 g/mol. The van der Waals surface area contributed by atoms with Crippen molar-refractivity contribution in [3.8, 4) is 0 Å². The van der Waals surface area contributed by atoms with Crippen molar-refractivity contribution < 1.29 is 9.69 Å². The fourth-order valence-electron chi connectivity index (χ4n) is 4.36. The summed E-state index contributed by atoms with van der Waals surface area (Å²) in [6, 6.07) is 17.4. The van der Waals surface area contributed by atoms with E-state index in [1.165, 1.54) is 27.2 Å². The van der Waals surface area contributed by atoms with Crippen LogP contribution in [0.3, 0.4) is 0 Å². The molecule has 3 atom stereocenters. The number of aryl methyl sites for hydroxylation is 1. The zero-order valence-corrected chi connectivity index (χ0v) is 14.9. The van der Waals surface area contributed by atoms with Crippen LogP contribution >= 0.6 is 0 Å². The third-order valence-corrected chi connectivity index (χ3v) is 5.94. The summed E-state index contributed by atoms with van der Waals surface area (Å²) in [5.74, 6) is 0.191. The minimum atomic E-state index is -0.0116. The lowest BCUT2D eigenvalue weighted by molar-refractivity contribution is -0.929. The number of fused-ring (bicyclic) bond motifs is 2. The van der Waals surface area contributed by atoms with Gasteiger partial charge in [0.2, 0.25) is 0 Å². The molecule has 130 valence electrons. The third-order valence-electron chi connectivity index (χ3n) is 5.94. The maximum absolute atomic E-state index is 12.9. The summed E-state index contributed by atoms with van der Waals surface area (Å²) in [5, 5.41) is 3.34. The van der Waals surface area contributed by atoms with Crippen molar-refractivity contribution in [3.63, 3.8) is 0 Å². The highest BCUT2D eigenvalue weighted by Crippen LogP contribution is 2.29. The quantitative estimate of drug-likeness (QED) is 0.886. The number of carbonyl (C=O) groups excluding carboxylic acids is 1. The first-order valence-electron chi connectivity index (χ1n) is 9.52. The van der Waals surface area contributed by atoms with Gasteiger partial charge in [-0.05, 0) is 42.9 Å². The van der Waals surface area contributed by atoms with Gasteiger partial charge in [0.25, 0.3) is 5.91 Å². The Balaban J connectivity index is 1.44. The Bertz CT molecular complexity index is 770. The van der Waals surface area contributed by atoms with Gasteiger partial charge < -0.3 is 10.2 Å². The number of hydrogen-bond donors (Lipinski definition) is 2. The molecule has 0 fully saturated rings. The number of quaternary nitrogens is 1. The van der Waals surface area contributed by atoms with E-state index in [2.05, 4.69) is 60.8 Å². The Hall–Kier alpha value is -2.13. The largest absolute Gasteiger partial charge is 0.344 e. The molecule has 1 amide bonds. The molecule has 0 saturated heterocycles. The third kappa shape index (κ3) is 3.34. The van der Waals surface area contributed by atoms with Gasteiger partial charge in [0, 0.05) is 12.0 Å². The molecule has 1 aliphatic carbocycles. The predicted octanol–water partition coefficient (Wildman–Crippen LogP) is 2.21. The number of amides is 1. The summed E-state index contributed by atoms with van der Waals surface area (Å²) in [6.07, 6.45) is 4.40. The van der Waals surface area contributed by atoms with Gasteiger partial charge in [-0.2, -0.15) is 0 Å². The summed E-state index contributed by atoms with van der Waals surface area (Å²) >= 11 is 0. The summed E-state index contributed by atoms with van der Waals surface area (Å²) < 4.78 is 0. The number of rotatable bonds is 3. The smallest absolute Gasteiger partial charge is 0.278 e. The summed E-state index contributed by atoms with van der Waals surface area (Å²) in [6.45, 7) is 4.06. The highest BCUT2D eigenvalue weighted by molar-refractivity contribution is 5.80. The summed E-state index contributed by atoms with van der Waals surface area (Å²) in [4.78, 5) is 14.3. The first kappa shape index (κ1) is 16.3. The van der Waals surface area contributed by atoms with Crippen LogP contribution in [0.2, 0.25) is 0 Å². The normalized spacial score (nSPS) is 23.2. The zero-order valence-electron chi connectivity index (χ0n) is 14.9. The van der Waals surface area contributed by atoms with E-state index in [9.17, 15) is 4.79 Å². The number of nitrogens with one attached hydrogen (secondary N) is 2. The zero-order chi connectivity index (χ0) is 17.2. The van der Waals surface area contributed by atoms with E-state index in [1.54, 1.807) is 0 Å². The predicted molar refractivity (Wildman–Crippen MR) is 99.4 cm³/mol. The van der Waals surface area contributed by atoms with Gasteiger partial charge >= 0.3 is 0 Å². The van der Waals surface area contributed by atoms with Crippen molar-refractivity contribution in [2.45, 2.75) is 51.2 Å². The molecule has 2 aromatic carbocycles. The van der Waals surface area contributed by atoms with Gasteiger partial charge in [0.05, 0.1) is 12.6 Å². The molecule has 3 heteroatoms. The van der Waals surface area contributed by atoms with E-state index in [0.717, 1.165) is 38.8 Å². The van der Waals surface area contributed by atoms with E-state index in [1.807, 2.05) is 0 Å². The molecular weight excluding hydrogens is 308 g/mol. The molecule has 1 unspecified atom stereocenters. The van der Waals surface area contributed by atoms with Gasteiger partial charge in [0.15, 0.2) is 6.04 Å². The molecule has 2 aromatic rings. The molecule has 0 saturated carbocycles. The molecule has 1 aliphatic heterocycles. The highest BCUT2D eigenvalue weighted by atomic mass is 16.2. The second kappa shape index (κ2) is 7.01. The fourth-order valence-corrected chi connectivity index (χ4v) is 4.36. The van der Waals surface area contributed by atoms with Crippen LogP contribution < -0.4 is 10.2 Å². The first-order chi connectivity index (χ1) is 12.2. The molecule has 0 spiro atoms. The van der Waals surface area contributed by atoms with Crippen LogP contribution in [0.5, 0.6) is 0 Å². The number of carbonyl (C=O) groups is 1. The molecule has 2 N–H and O–H groups in total. The van der Waals surface area contributed by atoms with Crippen molar-refractivity contribution >= 4 is 5.91 Å². The van der Waals surface area contributed by atoms with E-state index in [-0.39, 0.29) is 18.0 Å². The van der Waals surface area contributed by atoms with E-state index in [4.69, 9.17) is 0 Å². The van der Waals surface area contributed by atoms with Gasteiger partial charge in [0.1, 0.15) is 6.54 Å². The van der Waals surface area contributed by atoms with Crippen molar-refractivity contribution in [1.29, 1.82) is 0 Å². The Morgan fingerprint density at radius 2 is 1.76 bits per heavy atom. The fraction of sp³-hybridized carbons (Fsp3) is 0.409. The van der Waals surface area contributed by atoms with Crippen LogP contribution in [0.25, 0.3) is 0 Å². The van der Waals surface area contributed by atoms with Gasteiger partial charge in [-0.3, -0.25) is 4.79 Å². The molecule has 0 radical (unpaired) electrons. The lowest BCUT2D eigenvalue weighted by Gasteiger charge is -2.32. The first-order valence-corrected chi connectivity index (χ1v) is 9.52. The maximum atomic E-state index is 12.9. The minimum Gasteiger partial charge on any atom is -0.344 e. The maximum Gasteiger partial charge on any atom is 0.278 e. The Kier molecular flexibility index (Phi) is 4.58. The van der Waals surface area contributed by atoms with E-state index in [0.29, 0.717) is 0 Å². The minimum absolute atomic E-state index is 0.0116. The lowest BCUT2D eigenvalue weighted by atomic mass is 9.87. The van der Waals surface area contributed by atoms with Crippen LogP contribution in [0.1, 0.15) is 48.1 Å². The second-order valence-corrected chi connectivity index (χ2v) is 7.48. The van der Waals surface area contributed by atoms with Crippen LogP contribution in [0, 0.1) is 0 Å². The molecule has 25 heavy (non-hydrogen) atoms. The van der Waals surface area contributed by atoms with Crippen molar-refractivity contribution in [1.82, 2.24) is 5.32 Å². The number of hydrogen-bond acceptors (Lipinski definition) is 1. The van der Waals surface area contributed by atoms with Gasteiger partial charge in [-0.15, -0.1) is 0 Å². The Labute approximate surface area is 150 Å². The van der Waals surface area contributed by atoms with E-state index >= 15 is 0 Å². The monoisotopic (exact) mass is 335 g/mol. The molecule has 2 aliphatic rings. The molecule has 1 heterocycles. The molecular formula is C22H27N2O+. The van der Waals surface area contributed by atoms with E-state index < -0.39 is 0 Å². The van der Waals surface area contributed by atoms with Crippen molar-refractivity contribution in [2.24, 2.45) is 0 Å². The lowest BCUT2D eigenvalue weighted by Crippen LogP contribution is -3.16. The highest BCUT2D eigenvalue weighted by Gasteiger charge is 2.31. The van der Waals surface area contributed by atoms with Crippen LogP contribution in [0.15, 0.2) is 48.5 Å². The Morgan fingerprint density at radius 1 is 1.04 bits per heavy atom. The Morgan fingerprint density at radius 3 is 2.60 bits per heavy atom.